The summed E-state index contributed by atoms with van der Waals surface area (Å²) in [5.74, 6) is 0.158. The van der Waals surface area contributed by atoms with E-state index in [1.54, 1.807) is 18.2 Å². The van der Waals surface area contributed by atoms with Gasteiger partial charge in [0, 0.05) is 12.1 Å². The number of aryl methyl sites for hydroxylation is 1. The Kier molecular flexibility index (Phi) is 4.60. The fraction of sp³-hybridized carbons (Fsp3) is 0.333. The highest BCUT2D eigenvalue weighted by Gasteiger charge is 2.36. The van der Waals surface area contributed by atoms with Gasteiger partial charge in [-0.2, -0.15) is 0 Å². The zero-order valence-corrected chi connectivity index (χ0v) is 15.1. The number of fused-ring (bicyclic) bond motifs is 1. The van der Waals surface area contributed by atoms with E-state index in [1.165, 1.54) is 36.7 Å². The number of rotatable bonds is 4. The van der Waals surface area contributed by atoms with E-state index in [-0.39, 0.29) is 16.7 Å². The van der Waals surface area contributed by atoms with E-state index >= 15 is 0 Å². The fourth-order valence-corrected chi connectivity index (χ4v) is 5.02. The largest absolute Gasteiger partial charge is 0.497 e. The maximum atomic E-state index is 13.8. The molecule has 0 spiro atoms. The molecule has 0 saturated heterocycles. The van der Waals surface area contributed by atoms with Crippen LogP contribution in [-0.2, 0) is 16.4 Å². The number of nitrogens with zero attached hydrogens (tertiary/aromatic N) is 1. The van der Waals surface area contributed by atoms with Gasteiger partial charge in [-0.25, -0.2) is 12.8 Å². The number of anilines is 1. The van der Waals surface area contributed by atoms with Gasteiger partial charge in [-0.1, -0.05) is 6.07 Å². The van der Waals surface area contributed by atoms with E-state index < -0.39 is 15.8 Å². The van der Waals surface area contributed by atoms with Gasteiger partial charge in [0.05, 0.1) is 19.9 Å². The first-order chi connectivity index (χ1) is 11.9. The van der Waals surface area contributed by atoms with Gasteiger partial charge in [0.15, 0.2) is 0 Å². The molecule has 2 aromatic rings. The molecule has 0 aliphatic carbocycles. The number of methoxy groups -OCH3 is 2. The maximum Gasteiger partial charge on any atom is 0.268 e. The first-order valence-electron chi connectivity index (χ1n) is 7.93. The van der Waals surface area contributed by atoms with Crippen molar-refractivity contribution in [1.29, 1.82) is 0 Å². The Labute approximate surface area is 147 Å². The van der Waals surface area contributed by atoms with Crippen LogP contribution in [0.4, 0.5) is 10.1 Å². The van der Waals surface area contributed by atoms with Gasteiger partial charge in [-0.05, 0) is 49.6 Å². The van der Waals surface area contributed by atoms with Crippen LogP contribution in [0.15, 0.2) is 41.3 Å². The molecule has 0 bridgehead atoms. The Morgan fingerprint density at radius 3 is 2.56 bits per heavy atom. The van der Waals surface area contributed by atoms with Gasteiger partial charge >= 0.3 is 0 Å². The molecule has 1 aliphatic rings. The summed E-state index contributed by atoms with van der Waals surface area (Å²) in [6.45, 7) is 1.82. The van der Waals surface area contributed by atoms with Crippen molar-refractivity contribution in [3.8, 4) is 11.5 Å². The van der Waals surface area contributed by atoms with Gasteiger partial charge in [0.25, 0.3) is 10.0 Å². The first-order valence-corrected chi connectivity index (χ1v) is 9.37. The van der Waals surface area contributed by atoms with Crippen LogP contribution in [0.1, 0.15) is 18.9 Å². The van der Waals surface area contributed by atoms with Crippen LogP contribution in [0.2, 0.25) is 0 Å². The van der Waals surface area contributed by atoms with Crippen LogP contribution in [0.5, 0.6) is 11.5 Å². The quantitative estimate of drug-likeness (QED) is 0.834. The van der Waals surface area contributed by atoms with Crippen LogP contribution >= 0.6 is 0 Å². The zero-order chi connectivity index (χ0) is 18.2. The molecule has 1 atom stereocenters. The predicted molar refractivity (Wildman–Crippen MR) is 93.4 cm³/mol. The highest BCUT2D eigenvalue weighted by Crippen LogP contribution is 2.39. The van der Waals surface area contributed by atoms with Crippen LogP contribution < -0.4 is 13.8 Å². The summed E-state index contributed by atoms with van der Waals surface area (Å²) >= 11 is 0. The lowest BCUT2D eigenvalue weighted by Crippen LogP contribution is -2.42. The van der Waals surface area contributed by atoms with Crippen LogP contribution in [0, 0.1) is 5.82 Å². The smallest absolute Gasteiger partial charge is 0.268 e. The average molecular weight is 365 g/mol. The molecule has 0 unspecified atom stereocenters. The molecule has 1 heterocycles. The van der Waals surface area contributed by atoms with Crippen LogP contribution in [-0.4, -0.2) is 28.7 Å². The van der Waals surface area contributed by atoms with Crippen molar-refractivity contribution in [2.75, 3.05) is 18.5 Å². The Morgan fingerprint density at radius 1 is 1.12 bits per heavy atom. The van der Waals surface area contributed by atoms with E-state index in [4.69, 9.17) is 9.47 Å². The minimum atomic E-state index is -3.96. The molecule has 5 nitrogen and oxygen atoms in total. The van der Waals surface area contributed by atoms with Crippen LogP contribution in [0.3, 0.4) is 0 Å². The number of benzene rings is 2. The van der Waals surface area contributed by atoms with Crippen molar-refractivity contribution in [3.05, 3.63) is 47.8 Å². The molecule has 0 fully saturated rings. The summed E-state index contributed by atoms with van der Waals surface area (Å²) in [6, 6.07) is 8.57. The molecule has 2 aromatic carbocycles. The van der Waals surface area contributed by atoms with Crippen molar-refractivity contribution in [3.63, 3.8) is 0 Å². The van der Waals surface area contributed by atoms with Gasteiger partial charge in [-0.3, -0.25) is 4.31 Å². The fourth-order valence-electron chi connectivity index (χ4n) is 3.13. The van der Waals surface area contributed by atoms with E-state index in [9.17, 15) is 12.8 Å². The molecule has 25 heavy (non-hydrogen) atoms. The second kappa shape index (κ2) is 6.55. The molecule has 1 aliphatic heterocycles. The van der Waals surface area contributed by atoms with Gasteiger partial charge in [0.1, 0.15) is 22.2 Å². The number of sulfonamides is 1. The number of hydrogen-bond acceptors (Lipinski definition) is 4. The second-order valence-electron chi connectivity index (χ2n) is 5.98. The summed E-state index contributed by atoms with van der Waals surface area (Å²) in [4.78, 5) is -0.00156. The van der Waals surface area contributed by atoms with E-state index in [2.05, 4.69) is 0 Å². The molecule has 0 N–H and O–H groups in total. The zero-order valence-electron chi connectivity index (χ0n) is 14.3. The Hall–Kier alpha value is -2.28. The molecule has 3 rings (SSSR count). The molecule has 0 amide bonds. The van der Waals surface area contributed by atoms with E-state index in [1.807, 2.05) is 6.92 Å². The standard InChI is InChI=1S/C18H20FNO4S/c1-12-4-5-13-6-7-14(19)10-16(13)20(12)25(21,22)18-11-15(23-2)8-9-17(18)24-3/h6-12H,4-5H2,1-3H3/t12-/m1/s1. The third-order valence-electron chi connectivity index (χ3n) is 4.42. The number of ether oxygens (including phenoxy) is 2. The normalized spacial score (nSPS) is 17.1. The summed E-state index contributed by atoms with van der Waals surface area (Å²) < 4.78 is 52.2. The highest BCUT2D eigenvalue weighted by atomic mass is 32.2. The minimum Gasteiger partial charge on any atom is -0.497 e. The first kappa shape index (κ1) is 17.5. The third kappa shape index (κ3) is 3.04. The number of halogens is 1. The summed E-state index contributed by atoms with van der Waals surface area (Å²) in [5, 5.41) is 0. The molecule has 7 heteroatoms. The number of hydrogen-bond donors (Lipinski definition) is 0. The molecule has 0 aromatic heterocycles. The topological polar surface area (TPSA) is 55.8 Å². The second-order valence-corrected chi connectivity index (χ2v) is 7.76. The summed E-state index contributed by atoms with van der Waals surface area (Å²) in [7, 11) is -1.08. The lowest BCUT2D eigenvalue weighted by molar-refractivity contribution is 0.392. The lowest BCUT2D eigenvalue weighted by Gasteiger charge is -2.36. The van der Waals surface area contributed by atoms with Crippen molar-refractivity contribution in [2.45, 2.75) is 30.7 Å². The van der Waals surface area contributed by atoms with Gasteiger partial charge < -0.3 is 9.47 Å². The maximum absolute atomic E-state index is 13.8. The van der Waals surface area contributed by atoms with Gasteiger partial charge in [0.2, 0.25) is 0 Å². The lowest BCUT2D eigenvalue weighted by atomic mass is 9.99. The van der Waals surface area contributed by atoms with Gasteiger partial charge in [-0.15, -0.1) is 0 Å². The predicted octanol–water partition coefficient (Wildman–Crippen LogP) is 3.37. The van der Waals surface area contributed by atoms with E-state index in [0.29, 0.717) is 24.3 Å². The SMILES string of the molecule is COc1ccc(OC)c(S(=O)(=O)N2c3cc(F)ccc3CC[C@H]2C)c1. The summed E-state index contributed by atoms with van der Waals surface area (Å²) in [6.07, 6.45) is 1.36. The Morgan fingerprint density at radius 2 is 1.88 bits per heavy atom. The Bertz CT molecular complexity index is 898. The Balaban J connectivity index is 2.20. The van der Waals surface area contributed by atoms with E-state index in [0.717, 1.165) is 5.56 Å². The highest BCUT2D eigenvalue weighted by molar-refractivity contribution is 7.93. The summed E-state index contributed by atoms with van der Waals surface area (Å²) in [5.41, 5.74) is 1.19. The molecular formula is C18H20FNO4S. The van der Waals surface area contributed by atoms with Crippen molar-refractivity contribution in [2.24, 2.45) is 0 Å². The van der Waals surface area contributed by atoms with Crippen molar-refractivity contribution < 1.29 is 22.3 Å². The molecular weight excluding hydrogens is 345 g/mol. The minimum absolute atomic E-state index is 0.00156. The molecule has 0 radical (unpaired) electrons. The third-order valence-corrected chi connectivity index (χ3v) is 6.37. The average Bonchev–Trinajstić information content (AvgIpc) is 2.60. The molecule has 134 valence electrons. The van der Waals surface area contributed by atoms with Crippen molar-refractivity contribution in [1.82, 2.24) is 0 Å². The monoisotopic (exact) mass is 365 g/mol. The van der Waals surface area contributed by atoms with Crippen molar-refractivity contribution >= 4 is 15.7 Å². The molecule has 0 saturated carbocycles. The van der Waals surface area contributed by atoms with Crippen LogP contribution in [0.25, 0.3) is 0 Å².